The van der Waals surface area contributed by atoms with Gasteiger partial charge in [-0.05, 0) is 87.0 Å². The maximum atomic E-state index is 5.40. The van der Waals surface area contributed by atoms with Gasteiger partial charge in [0.25, 0.3) is 0 Å². The summed E-state index contributed by atoms with van der Waals surface area (Å²) in [4.78, 5) is 13.0. The van der Waals surface area contributed by atoms with Crippen LogP contribution in [-0.2, 0) is 0 Å². The minimum Gasteiger partial charge on any atom is -0.309 e. The zero-order valence-electron chi connectivity index (χ0n) is 28.4. The van der Waals surface area contributed by atoms with Crippen LogP contribution >= 0.6 is 0 Å². The maximum absolute atomic E-state index is 5.40. The molecule has 240 valence electrons. The van der Waals surface area contributed by atoms with Crippen molar-refractivity contribution < 1.29 is 0 Å². The molecule has 5 heterocycles. The second-order valence-corrected chi connectivity index (χ2v) is 13.5. The van der Waals surface area contributed by atoms with Gasteiger partial charge in [-0.1, -0.05) is 83.9 Å². The lowest BCUT2D eigenvalue weighted by atomic mass is 10.1. The van der Waals surface area contributed by atoms with Crippen molar-refractivity contribution in [3.63, 3.8) is 0 Å². The highest BCUT2D eigenvalue weighted by Crippen LogP contribution is 2.41. The van der Waals surface area contributed by atoms with Crippen molar-refractivity contribution in [3.8, 4) is 5.69 Å². The normalized spacial score (nSPS) is 12.0. The van der Waals surface area contributed by atoms with Crippen LogP contribution in [0.25, 0.3) is 60.3 Å². The molecule has 0 aliphatic rings. The van der Waals surface area contributed by atoms with Crippen molar-refractivity contribution in [2.75, 3.05) is 4.90 Å². The van der Waals surface area contributed by atoms with E-state index in [4.69, 9.17) is 9.97 Å². The molecule has 0 spiro atoms. The van der Waals surface area contributed by atoms with Gasteiger partial charge < -0.3 is 13.4 Å². The van der Waals surface area contributed by atoms with Crippen molar-refractivity contribution in [1.82, 2.24) is 23.3 Å². The summed E-state index contributed by atoms with van der Waals surface area (Å²) < 4.78 is 6.76. The van der Waals surface area contributed by atoms with E-state index in [2.05, 4.69) is 180 Å². The first-order chi connectivity index (χ1) is 24.4. The van der Waals surface area contributed by atoms with Crippen LogP contribution in [0.15, 0.2) is 134 Å². The molecule has 0 radical (unpaired) electrons. The number of rotatable bonds is 4. The van der Waals surface area contributed by atoms with E-state index in [9.17, 15) is 0 Å². The van der Waals surface area contributed by atoms with E-state index < -0.39 is 0 Å². The molecule has 6 nitrogen and oxygen atoms in total. The first-order valence-electron chi connectivity index (χ1n) is 17.1. The molecule has 0 saturated carbocycles. The van der Waals surface area contributed by atoms with E-state index in [-0.39, 0.29) is 0 Å². The zero-order chi connectivity index (χ0) is 33.7. The number of anilines is 3. The maximum Gasteiger partial charge on any atom is 0.161 e. The molecule has 5 aromatic carbocycles. The Morgan fingerprint density at radius 3 is 1.46 bits per heavy atom. The van der Waals surface area contributed by atoms with Gasteiger partial charge in [0.1, 0.15) is 11.3 Å². The number of aryl methyl sites for hydroxylation is 4. The molecule has 5 aromatic heterocycles. The minimum atomic E-state index is 0.856. The van der Waals surface area contributed by atoms with E-state index in [1.54, 1.807) is 0 Å². The molecule has 10 rings (SSSR count). The molecule has 0 aliphatic carbocycles. The molecule has 0 bridgehead atoms. The third-order valence-corrected chi connectivity index (χ3v) is 10.3. The lowest BCUT2D eigenvalue weighted by Crippen LogP contribution is -2.13. The number of pyridine rings is 2. The van der Waals surface area contributed by atoms with Gasteiger partial charge in [-0.25, -0.2) is 9.97 Å². The number of aromatic nitrogens is 5. The SMILES string of the molecule is Cc1ccc2c(ccn3c(C)c(N(c4ccc(-n5c6ccccc6c6ccccc65)cc4)c4nc5c6ccc(C)cc6ccn5c4C)nc23)c1. The summed E-state index contributed by atoms with van der Waals surface area (Å²) in [5.74, 6) is 1.71. The van der Waals surface area contributed by atoms with Crippen molar-refractivity contribution in [2.45, 2.75) is 27.7 Å². The topological polar surface area (TPSA) is 42.8 Å². The quantitative estimate of drug-likeness (QED) is 0.191. The molecule has 0 saturated heterocycles. The van der Waals surface area contributed by atoms with E-state index >= 15 is 0 Å². The second kappa shape index (κ2) is 10.5. The highest BCUT2D eigenvalue weighted by atomic mass is 15.3. The van der Waals surface area contributed by atoms with Gasteiger partial charge in [-0.3, -0.25) is 4.90 Å². The molecule has 6 heteroatoms. The fourth-order valence-electron chi connectivity index (χ4n) is 7.83. The van der Waals surface area contributed by atoms with Crippen molar-refractivity contribution in [2.24, 2.45) is 0 Å². The molecular formula is C44H34N6. The number of para-hydroxylation sites is 2. The van der Waals surface area contributed by atoms with Crippen LogP contribution in [0.5, 0.6) is 0 Å². The fourth-order valence-corrected chi connectivity index (χ4v) is 7.83. The van der Waals surface area contributed by atoms with Gasteiger partial charge in [-0.15, -0.1) is 0 Å². The highest BCUT2D eigenvalue weighted by Gasteiger charge is 2.26. The summed E-state index contributed by atoms with van der Waals surface area (Å²) in [7, 11) is 0. The number of hydrogen-bond acceptors (Lipinski definition) is 3. The van der Waals surface area contributed by atoms with Gasteiger partial charge in [0.05, 0.1) is 22.4 Å². The Morgan fingerprint density at radius 1 is 0.480 bits per heavy atom. The van der Waals surface area contributed by atoms with Gasteiger partial charge in [0.15, 0.2) is 11.6 Å². The van der Waals surface area contributed by atoms with Crippen molar-refractivity contribution >= 4 is 72.0 Å². The standard InChI is InChI=1S/C44H34N6/c1-27-13-19-35-31(25-27)21-23-47-29(3)41(45-43(35)47)50(42-30(4)48-24-22-32-26-28(2)14-20-36(32)44(48)46-42)34-17-15-33(16-18-34)49-39-11-7-5-9-37(39)38-10-6-8-12-40(38)49/h5-26H,1-4H3. The molecule has 0 N–H and O–H groups in total. The van der Waals surface area contributed by atoms with E-state index in [1.165, 1.54) is 43.7 Å². The lowest BCUT2D eigenvalue weighted by molar-refractivity contribution is 1.08. The third-order valence-electron chi connectivity index (χ3n) is 10.3. The van der Waals surface area contributed by atoms with Crippen LogP contribution in [0, 0.1) is 27.7 Å². The number of imidazole rings is 2. The van der Waals surface area contributed by atoms with E-state index in [1.807, 2.05) is 0 Å². The minimum absolute atomic E-state index is 0.856. The van der Waals surface area contributed by atoms with Crippen LogP contribution in [0.2, 0.25) is 0 Å². The van der Waals surface area contributed by atoms with Crippen molar-refractivity contribution in [1.29, 1.82) is 0 Å². The van der Waals surface area contributed by atoms with Crippen LogP contribution in [-0.4, -0.2) is 23.3 Å². The average Bonchev–Trinajstić information content (AvgIpc) is 3.77. The Kier molecular flexibility index (Phi) is 6.03. The van der Waals surface area contributed by atoms with E-state index in [0.717, 1.165) is 56.5 Å². The number of hydrogen-bond donors (Lipinski definition) is 0. The monoisotopic (exact) mass is 646 g/mol. The predicted octanol–water partition coefficient (Wildman–Crippen LogP) is 11.1. The van der Waals surface area contributed by atoms with Crippen LogP contribution in [0.1, 0.15) is 22.5 Å². The summed E-state index contributed by atoms with van der Waals surface area (Å²) in [6.45, 7) is 8.57. The zero-order valence-corrected chi connectivity index (χ0v) is 28.4. The number of nitrogens with zero attached hydrogens (tertiary/aromatic N) is 6. The lowest BCUT2D eigenvalue weighted by Gasteiger charge is -2.22. The average molecular weight is 647 g/mol. The van der Waals surface area contributed by atoms with Crippen LogP contribution in [0.4, 0.5) is 17.3 Å². The van der Waals surface area contributed by atoms with Gasteiger partial charge >= 0.3 is 0 Å². The second-order valence-electron chi connectivity index (χ2n) is 13.5. The Morgan fingerprint density at radius 2 is 0.960 bits per heavy atom. The van der Waals surface area contributed by atoms with E-state index in [0.29, 0.717) is 0 Å². The number of fused-ring (bicyclic) bond motifs is 9. The third kappa shape index (κ3) is 4.08. The fraction of sp³-hybridized carbons (Fsp3) is 0.0909. The smallest absolute Gasteiger partial charge is 0.161 e. The summed E-state index contributed by atoms with van der Waals surface area (Å²) in [5, 5.41) is 7.12. The predicted molar refractivity (Wildman–Crippen MR) is 207 cm³/mol. The summed E-state index contributed by atoms with van der Waals surface area (Å²) in [6, 6.07) is 43.6. The number of benzene rings is 5. The molecule has 50 heavy (non-hydrogen) atoms. The van der Waals surface area contributed by atoms with Crippen LogP contribution in [0.3, 0.4) is 0 Å². The van der Waals surface area contributed by atoms with Gasteiger partial charge in [-0.2, -0.15) is 0 Å². The molecule has 0 amide bonds. The van der Waals surface area contributed by atoms with Gasteiger partial charge in [0, 0.05) is 45.3 Å². The molecule has 0 unspecified atom stereocenters. The Balaban J connectivity index is 1.21. The molecule has 10 aromatic rings. The van der Waals surface area contributed by atoms with Gasteiger partial charge in [0.2, 0.25) is 0 Å². The molecule has 0 fully saturated rings. The Bertz CT molecular complexity index is 2800. The largest absolute Gasteiger partial charge is 0.309 e. The first-order valence-corrected chi connectivity index (χ1v) is 17.1. The molecular weight excluding hydrogens is 613 g/mol. The summed E-state index contributed by atoms with van der Waals surface area (Å²) in [6.07, 6.45) is 4.28. The highest BCUT2D eigenvalue weighted by molar-refractivity contribution is 6.09. The first kappa shape index (κ1) is 28.6. The Labute approximate surface area is 289 Å². The summed E-state index contributed by atoms with van der Waals surface area (Å²) in [5.41, 5.74) is 10.9. The van der Waals surface area contributed by atoms with Crippen LogP contribution < -0.4 is 4.90 Å². The van der Waals surface area contributed by atoms with Crippen molar-refractivity contribution in [3.05, 3.63) is 156 Å². The Hall–Kier alpha value is -6.40. The molecule has 0 atom stereocenters. The summed E-state index contributed by atoms with van der Waals surface area (Å²) >= 11 is 0. The molecule has 0 aliphatic heterocycles.